The number of morpholine rings is 2. The molecule has 0 amide bonds. The molecular weight excluding hydrogens is 364 g/mol. The van der Waals surface area contributed by atoms with E-state index in [0.29, 0.717) is 13.2 Å². The molecule has 2 aliphatic heterocycles. The Morgan fingerprint density at radius 3 is 1.79 bits per heavy atom. The summed E-state index contributed by atoms with van der Waals surface area (Å²) in [5, 5.41) is 12.0. The first kappa shape index (κ1) is 20.5. The lowest BCUT2D eigenvalue weighted by atomic mass is 9.79. The highest BCUT2D eigenvalue weighted by molar-refractivity contribution is 5.29. The average molecular weight is 397 g/mol. The van der Waals surface area contributed by atoms with Gasteiger partial charge >= 0.3 is 0 Å². The Kier molecular flexibility index (Phi) is 6.63. The summed E-state index contributed by atoms with van der Waals surface area (Å²) < 4.78 is 11.3. The first-order valence-corrected chi connectivity index (χ1v) is 10.6. The predicted octanol–water partition coefficient (Wildman–Crippen LogP) is 2.67. The molecule has 0 aliphatic carbocycles. The van der Waals surface area contributed by atoms with Crippen molar-refractivity contribution in [2.75, 3.05) is 52.6 Å². The molecule has 5 nitrogen and oxygen atoms in total. The van der Waals surface area contributed by atoms with Crippen molar-refractivity contribution in [3.05, 3.63) is 71.8 Å². The summed E-state index contributed by atoms with van der Waals surface area (Å²) in [5.41, 5.74) is 1.17. The van der Waals surface area contributed by atoms with Crippen LogP contribution in [0.15, 0.2) is 60.7 Å². The van der Waals surface area contributed by atoms with Gasteiger partial charge in [-0.2, -0.15) is 0 Å². The minimum absolute atomic E-state index is 0.0633. The fraction of sp³-hybridized carbons (Fsp3) is 0.500. The molecule has 0 saturated carbocycles. The van der Waals surface area contributed by atoms with E-state index >= 15 is 0 Å². The van der Waals surface area contributed by atoms with Crippen LogP contribution in [0.5, 0.6) is 0 Å². The van der Waals surface area contributed by atoms with E-state index in [1.165, 1.54) is 5.56 Å². The second-order valence-electron chi connectivity index (χ2n) is 8.11. The van der Waals surface area contributed by atoms with Gasteiger partial charge in [0, 0.05) is 26.2 Å². The molecule has 5 heteroatoms. The molecule has 0 spiro atoms. The first-order valence-electron chi connectivity index (χ1n) is 10.6. The molecule has 156 valence electrons. The molecule has 2 saturated heterocycles. The second-order valence-corrected chi connectivity index (χ2v) is 8.11. The monoisotopic (exact) mass is 396 g/mol. The maximum atomic E-state index is 12.0. The fourth-order valence-electron chi connectivity index (χ4n) is 4.76. The van der Waals surface area contributed by atoms with Crippen molar-refractivity contribution >= 4 is 0 Å². The minimum atomic E-state index is -1.02. The lowest BCUT2D eigenvalue weighted by Gasteiger charge is -2.50. The summed E-state index contributed by atoms with van der Waals surface area (Å²) >= 11 is 0. The van der Waals surface area contributed by atoms with E-state index in [-0.39, 0.29) is 12.1 Å². The van der Waals surface area contributed by atoms with E-state index in [9.17, 15) is 5.11 Å². The third kappa shape index (κ3) is 4.55. The lowest BCUT2D eigenvalue weighted by Crippen LogP contribution is -2.60. The van der Waals surface area contributed by atoms with E-state index < -0.39 is 5.60 Å². The van der Waals surface area contributed by atoms with Gasteiger partial charge < -0.3 is 14.6 Å². The quantitative estimate of drug-likeness (QED) is 0.813. The Morgan fingerprint density at radius 2 is 1.24 bits per heavy atom. The maximum absolute atomic E-state index is 12.0. The molecule has 2 aliphatic rings. The smallest absolute Gasteiger partial charge is 0.104 e. The van der Waals surface area contributed by atoms with Gasteiger partial charge in [0.2, 0.25) is 0 Å². The van der Waals surface area contributed by atoms with E-state index in [4.69, 9.17) is 9.47 Å². The zero-order valence-corrected chi connectivity index (χ0v) is 17.2. The van der Waals surface area contributed by atoms with Gasteiger partial charge in [0.05, 0.1) is 38.5 Å². The van der Waals surface area contributed by atoms with Crippen molar-refractivity contribution in [2.24, 2.45) is 0 Å². The molecule has 3 unspecified atom stereocenters. The molecule has 1 N–H and O–H groups in total. The first-order chi connectivity index (χ1) is 14.2. The number of rotatable bonds is 6. The summed E-state index contributed by atoms with van der Waals surface area (Å²) in [6.07, 6.45) is 0. The fourth-order valence-corrected chi connectivity index (χ4v) is 4.76. The van der Waals surface area contributed by atoms with Gasteiger partial charge in [-0.25, -0.2) is 0 Å². The van der Waals surface area contributed by atoms with Gasteiger partial charge in [-0.15, -0.1) is 0 Å². The van der Waals surface area contributed by atoms with Crippen molar-refractivity contribution in [3.8, 4) is 0 Å². The standard InChI is InChI=1S/C24H32N2O3/c1-24(27,21-10-6-3-7-11-21)23(26-14-18-29-19-15-26)22(20-8-4-2-5-9-20)25-12-16-28-17-13-25/h2-11,22-23,27H,12-19H2,1H3. The van der Waals surface area contributed by atoms with Gasteiger partial charge in [-0.1, -0.05) is 60.7 Å². The van der Waals surface area contributed by atoms with Crippen LogP contribution in [0, 0.1) is 0 Å². The summed E-state index contributed by atoms with van der Waals surface area (Å²) in [4.78, 5) is 4.90. The SMILES string of the molecule is CC(O)(c1ccccc1)C(C(c1ccccc1)N1CCOCC1)N1CCOCC1. The number of aliphatic hydroxyl groups is 1. The molecule has 2 fully saturated rings. The normalized spacial score (nSPS) is 23.2. The number of benzene rings is 2. The van der Waals surface area contributed by atoms with Crippen molar-refractivity contribution in [3.63, 3.8) is 0 Å². The molecule has 3 atom stereocenters. The third-order valence-electron chi connectivity index (χ3n) is 6.25. The zero-order valence-electron chi connectivity index (χ0n) is 17.2. The van der Waals surface area contributed by atoms with Crippen molar-refractivity contribution in [2.45, 2.75) is 24.6 Å². The topological polar surface area (TPSA) is 45.2 Å². The zero-order chi connectivity index (χ0) is 20.1. The molecule has 0 radical (unpaired) electrons. The number of ether oxygens (including phenoxy) is 2. The van der Waals surface area contributed by atoms with E-state index in [0.717, 1.165) is 45.0 Å². The van der Waals surface area contributed by atoms with Crippen molar-refractivity contribution in [1.82, 2.24) is 9.80 Å². The van der Waals surface area contributed by atoms with Gasteiger partial charge in [-0.3, -0.25) is 9.80 Å². The molecule has 2 heterocycles. The summed E-state index contributed by atoms with van der Waals surface area (Å²) in [5.74, 6) is 0. The van der Waals surface area contributed by atoms with Gasteiger partial charge in [0.1, 0.15) is 5.60 Å². The molecule has 4 rings (SSSR count). The number of hydrogen-bond acceptors (Lipinski definition) is 5. The number of nitrogens with zero attached hydrogens (tertiary/aromatic N) is 2. The molecule has 2 aromatic carbocycles. The predicted molar refractivity (Wildman–Crippen MR) is 114 cm³/mol. The highest BCUT2D eigenvalue weighted by atomic mass is 16.5. The highest BCUT2D eigenvalue weighted by Gasteiger charge is 2.46. The van der Waals surface area contributed by atoms with Crippen LogP contribution in [-0.2, 0) is 15.1 Å². The Labute approximate surface area is 173 Å². The van der Waals surface area contributed by atoms with Crippen LogP contribution < -0.4 is 0 Å². The summed E-state index contributed by atoms with van der Waals surface area (Å²) in [7, 11) is 0. The van der Waals surface area contributed by atoms with Crippen molar-refractivity contribution in [1.29, 1.82) is 0 Å². The van der Waals surface area contributed by atoms with Gasteiger partial charge in [0.25, 0.3) is 0 Å². The van der Waals surface area contributed by atoms with Crippen LogP contribution in [0.4, 0.5) is 0 Å². The molecule has 29 heavy (non-hydrogen) atoms. The molecular formula is C24H32N2O3. The van der Waals surface area contributed by atoms with Crippen LogP contribution >= 0.6 is 0 Å². The third-order valence-corrected chi connectivity index (χ3v) is 6.25. The molecule has 0 aromatic heterocycles. The molecule has 0 bridgehead atoms. The summed E-state index contributed by atoms with van der Waals surface area (Å²) in [6.45, 7) is 8.20. The van der Waals surface area contributed by atoms with Gasteiger partial charge in [0.15, 0.2) is 0 Å². The maximum Gasteiger partial charge on any atom is 0.104 e. The Bertz CT molecular complexity index is 741. The van der Waals surface area contributed by atoms with Crippen molar-refractivity contribution < 1.29 is 14.6 Å². The Morgan fingerprint density at radius 1 is 0.759 bits per heavy atom. The Balaban J connectivity index is 1.79. The Hall–Kier alpha value is -1.76. The summed E-state index contributed by atoms with van der Waals surface area (Å²) in [6, 6.07) is 20.7. The molecule has 2 aromatic rings. The van der Waals surface area contributed by atoms with E-state index in [2.05, 4.69) is 40.1 Å². The lowest BCUT2D eigenvalue weighted by molar-refractivity contribution is -0.113. The van der Waals surface area contributed by atoms with E-state index in [1.54, 1.807) is 0 Å². The van der Waals surface area contributed by atoms with Crippen LogP contribution in [-0.4, -0.2) is 73.6 Å². The van der Waals surface area contributed by atoms with Crippen LogP contribution in [0.3, 0.4) is 0 Å². The van der Waals surface area contributed by atoms with Crippen LogP contribution in [0.2, 0.25) is 0 Å². The van der Waals surface area contributed by atoms with Crippen LogP contribution in [0.25, 0.3) is 0 Å². The average Bonchev–Trinajstić information content (AvgIpc) is 2.79. The largest absolute Gasteiger partial charge is 0.384 e. The van der Waals surface area contributed by atoms with E-state index in [1.807, 2.05) is 37.3 Å². The minimum Gasteiger partial charge on any atom is -0.384 e. The van der Waals surface area contributed by atoms with Crippen LogP contribution in [0.1, 0.15) is 24.1 Å². The highest BCUT2D eigenvalue weighted by Crippen LogP contribution is 2.39. The van der Waals surface area contributed by atoms with Gasteiger partial charge in [-0.05, 0) is 18.1 Å². The number of hydrogen-bond donors (Lipinski definition) is 1. The second kappa shape index (κ2) is 9.37.